The quantitative estimate of drug-likeness (QED) is 0.424. The van der Waals surface area contributed by atoms with Gasteiger partial charge >= 0.3 is 5.97 Å². The number of carboxylic acids is 1. The monoisotopic (exact) mass is 163 g/mol. The van der Waals surface area contributed by atoms with Crippen LogP contribution in [0, 0.1) is 5.92 Å². The largest absolute Gasteiger partial charge is 0.479 e. The number of hydrogen-bond donors (Lipinski definition) is 3. The zero-order valence-electron chi connectivity index (χ0n) is 6.16. The highest BCUT2D eigenvalue weighted by atomic mass is 32.1. The third-order valence-corrected chi connectivity index (χ3v) is 2.34. The molecule has 0 unspecified atom stereocenters. The third kappa shape index (κ3) is 1.88. The summed E-state index contributed by atoms with van der Waals surface area (Å²) in [4.78, 5) is 9.04. The molecule has 10 heavy (non-hydrogen) atoms. The van der Waals surface area contributed by atoms with E-state index in [0.29, 0.717) is 6.42 Å². The molecule has 0 aromatic carbocycles. The minimum Gasteiger partial charge on any atom is -0.479 e. The van der Waals surface area contributed by atoms with E-state index in [-0.39, 0.29) is 5.92 Å². The van der Waals surface area contributed by atoms with Gasteiger partial charge in [0.15, 0.2) is 4.87 Å². The van der Waals surface area contributed by atoms with E-state index in [0.717, 1.165) is 0 Å². The van der Waals surface area contributed by atoms with Gasteiger partial charge in [-0.3, -0.25) is 0 Å². The lowest BCUT2D eigenvalue weighted by molar-refractivity contribution is -0.141. The summed E-state index contributed by atoms with van der Waals surface area (Å²) in [6.45, 7) is 3.65. The van der Waals surface area contributed by atoms with Crippen molar-refractivity contribution in [1.82, 2.24) is 0 Å². The maximum absolute atomic E-state index is 10.4. The Bertz CT molecular complexity index is 136. The van der Waals surface area contributed by atoms with Gasteiger partial charge in [0.1, 0.15) is 0 Å². The van der Waals surface area contributed by atoms with Crippen molar-refractivity contribution in [2.45, 2.75) is 25.1 Å². The molecule has 0 aliphatic carbocycles. The summed E-state index contributed by atoms with van der Waals surface area (Å²) in [6.07, 6.45) is 0.715. The molecule has 0 amide bonds. The summed E-state index contributed by atoms with van der Waals surface area (Å²) >= 11 is 3.83. The van der Waals surface area contributed by atoms with Gasteiger partial charge in [-0.1, -0.05) is 20.3 Å². The maximum atomic E-state index is 10.4. The van der Waals surface area contributed by atoms with E-state index in [1.807, 2.05) is 6.92 Å². The molecular weight excluding hydrogens is 150 g/mol. The molecule has 0 saturated heterocycles. The van der Waals surface area contributed by atoms with E-state index in [1.54, 1.807) is 6.92 Å². The van der Waals surface area contributed by atoms with E-state index < -0.39 is 10.8 Å². The Morgan fingerprint density at radius 1 is 1.90 bits per heavy atom. The third-order valence-electron chi connectivity index (χ3n) is 1.71. The van der Waals surface area contributed by atoms with Crippen LogP contribution in [0.4, 0.5) is 0 Å². The number of hydrogen-bond acceptors (Lipinski definition) is 3. The van der Waals surface area contributed by atoms with Crippen LogP contribution in [-0.2, 0) is 4.79 Å². The van der Waals surface area contributed by atoms with Gasteiger partial charge in [0.2, 0.25) is 0 Å². The average Bonchev–Trinajstić information content (AvgIpc) is 1.86. The number of aliphatic carboxylic acids is 1. The molecule has 60 valence electrons. The average molecular weight is 163 g/mol. The van der Waals surface area contributed by atoms with Crippen LogP contribution in [-0.4, -0.2) is 15.9 Å². The van der Waals surface area contributed by atoms with Gasteiger partial charge in [0.25, 0.3) is 0 Å². The molecule has 0 heterocycles. The Labute approximate surface area is 66.0 Å². The molecule has 0 radical (unpaired) electrons. The van der Waals surface area contributed by atoms with Gasteiger partial charge in [-0.05, 0) is 5.92 Å². The normalized spacial score (nSPS) is 19.6. The van der Waals surface area contributed by atoms with Crippen molar-refractivity contribution in [2.75, 3.05) is 0 Å². The van der Waals surface area contributed by atoms with Crippen LogP contribution in [0.15, 0.2) is 0 Å². The van der Waals surface area contributed by atoms with Crippen molar-refractivity contribution in [2.24, 2.45) is 11.7 Å². The molecule has 0 aliphatic heterocycles. The first-order valence-corrected chi connectivity index (χ1v) is 3.62. The summed E-state index contributed by atoms with van der Waals surface area (Å²) < 4.78 is 0. The minimum absolute atomic E-state index is 0.117. The van der Waals surface area contributed by atoms with Gasteiger partial charge in [0.05, 0.1) is 0 Å². The van der Waals surface area contributed by atoms with Crippen LogP contribution in [0.1, 0.15) is 20.3 Å². The maximum Gasteiger partial charge on any atom is 0.334 e. The Morgan fingerprint density at radius 3 is 2.40 bits per heavy atom. The molecule has 0 aromatic rings. The van der Waals surface area contributed by atoms with Crippen molar-refractivity contribution in [3.05, 3.63) is 0 Å². The Kier molecular flexibility index (Phi) is 3.18. The van der Waals surface area contributed by atoms with Gasteiger partial charge in [0, 0.05) is 0 Å². The van der Waals surface area contributed by atoms with Crippen molar-refractivity contribution in [3.63, 3.8) is 0 Å². The van der Waals surface area contributed by atoms with Crippen molar-refractivity contribution in [1.29, 1.82) is 0 Å². The predicted octanol–water partition coefficient (Wildman–Crippen LogP) is 0.702. The predicted molar refractivity (Wildman–Crippen MR) is 43.0 cm³/mol. The Morgan fingerprint density at radius 2 is 2.30 bits per heavy atom. The van der Waals surface area contributed by atoms with Crippen molar-refractivity contribution < 1.29 is 9.90 Å². The van der Waals surface area contributed by atoms with Crippen LogP contribution < -0.4 is 5.73 Å². The first-order chi connectivity index (χ1) is 4.42. The van der Waals surface area contributed by atoms with Crippen LogP contribution in [0.2, 0.25) is 0 Å². The lowest BCUT2D eigenvalue weighted by atomic mass is 9.99. The van der Waals surface area contributed by atoms with Crippen LogP contribution in [0.5, 0.6) is 0 Å². The van der Waals surface area contributed by atoms with Crippen molar-refractivity contribution >= 4 is 18.6 Å². The Hall–Kier alpha value is -0.220. The molecular formula is C6H13NO2S. The number of nitrogens with two attached hydrogens (primary N) is 1. The van der Waals surface area contributed by atoms with E-state index >= 15 is 0 Å². The van der Waals surface area contributed by atoms with Gasteiger partial charge in [-0.25, -0.2) is 4.79 Å². The molecule has 0 aromatic heterocycles. The van der Waals surface area contributed by atoms with Gasteiger partial charge < -0.3 is 10.8 Å². The molecule has 3 nitrogen and oxygen atoms in total. The Balaban J connectivity index is 4.23. The first kappa shape index (κ1) is 9.78. The molecule has 2 atom stereocenters. The lowest BCUT2D eigenvalue weighted by Crippen LogP contribution is -2.47. The molecule has 0 saturated carbocycles. The highest BCUT2D eigenvalue weighted by Gasteiger charge is 2.34. The smallest absolute Gasteiger partial charge is 0.334 e. The lowest BCUT2D eigenvalue weighted by Gasteiger charge is -2.24. The summed E-state index contributed by atoms with van der Waals surface area (Å²) in [5.41, 5.74) is 5.38. The van der Waals surface area contributed by atoms with E-state index in [9.17, 15) is 4.79 Å². The summed E-state index contributed by atoms with van der Waals surface area (Å²) in [5.74, 6) is -1.18. The zero-order valence-corrected chi connectivity index (χ0v) is 7.06. The number of carboxylic acid groups (broad SMARTS) is 1. The van der Waals surface area contributed by atoms with E-state index in [4.69, 9.17) is 10.8 Å². The molecule has 0 rings (SSSR count). The molecule has 4 heteroatoms. The second-order valence-corrected chi connectivity index (χ2v) is 3.18. The number of carbonyl (C=O) groups is 1. The first-order valence-electron chi connectivity index (χ1n) is 3.17. The second kappa shape index (κ2) is 3.25. The molecule has 0 bridgehead atoms. The number of rotatable bonds is 3. The highest BCUT2D eigenvalue weighted by molar-refractivity contribution is 7.82. The molecule has 0 aliphatic rings. The topological polar surface area (TPSA) is 63.3 Å². The summed E-state index contributed by atoms with van der Waals surface area (Å²) in [6, 6.07) is 0. The second-order valence-electron chi connectivity index (χ2n) is 2.44. The van der Waals surface area contributed by atoms with Crippen LogP contribution in [0.25, 0.3) is 0 Å². The summed E-state index contributed by atoms with van der Waals surface area (Å²) in [7, 11) is 0. The van der Waals surface area contributed by atoms with Crippen LogP contribution >= 0.6 is 12.6 Å². The van der Waals surface area contributed by atoms with Crippen molar-refractivity contribution in [3.8, 4) is 0 Å². The van der Waals surface area contributed by atoms with Gasteiger partial charge in [-0.15, -0.1) is 12.6 Å². The fourth-order valence-corrected chi connectivity index (χ4v) is 0.705. The number of thiol groups is 1. The van der Waals surface area contributed by atoms with E-state index in [2.05, 4.69) is 12.6 Å². The fourth-order valence-electron chi connectivity index (χ4n) is 0.522. The molecule has 0 spiro atoms. The van der Waals surface area contributed by atoms with Crippen LogP contribution in [0.3, 0.4) is 0 Å². The highest BCUT2D eigenvalue weighted by Crippen LogP contribution is 2.21. The zero-order chi connectivity index (χ0) is 8.36. The van der Waals surface area contributed by atoms with Gasteiger partial charge in [-0.2, -0.15) is 0 Å². The van der Waals surface area contributed by atoms with E-state index in [1.165, 1.54) is 0 Å². The SMILES string of the molecule is CC[C@H](C)[C@@](N)(S)C(=O)O. The molecule has 0 fully saturated rings. The summed E-state index contributed by atoms with van der Waals surface area (Å²) in [5, 5.41) is 8.54. The molecule has 3 N–H and O–H groups in total. The fraction of sp³-hybridized carbons (Fsp3) is 0.833. The minimum atomic E-state index is -1.38. The standard InChI is InChI=1S/C6H13NO2S/c1-3-4(2)6(7,10)5(8)9/h4,10H,3,7H2,1-2H3,(H,8,9)/t4-,6+/m0/s1.